The number of rotatable bonds is 13. The van der Waals surface area contributed by atoms with Crippen LogP contribution >= 0.6 is 22.7 Å². The number of hydrogen-bond acceptors (Lipinski definition) is 6. The SMILES string of the molecule is Cc1cc(C)cc(-c2[nH]c3ccc(C(C)(C)C(=O)N4C5CCC4CC5)cc3c2CCN(Cc2ccc(Cc3cccnc3)s2)Cc2ccc(-c3cccnc3)s2)c1. The Morgan fingerprint density at radius 1 is 0.789 bits per heavy atom. The summed E-state index contributed by atoms with van der Waals surface area (Å²) in [4.78, 5) is 37.1. The number of fused-ring (bicyclic) bond motifs is 3. The Kier molecular flexibility index (Phi) is 10.4. The van der Waals surface area contributed by atoms with Crippen molar-refractivity contribution in [2.75, 3.05) is 6.54 Å². The molecule has 2 aliphatic heterocycles. The first kappa shape index (κ1) is 37.7. The molecule has 0 spiro atoms. The maximum Gasteiger partial charge on any atom is 0.233 e. The van der Waals surface area contributed by atoms with Crippen LogP contribution in [0.5, 0.6) is 0 Å². The molecule has 290 valence electrons. The Morgan fingerprint density at radius 3 is 2.18 bits per heavy atom. The minimum atomic E-state index is -0.613. The van der Waals surface area contributed by atoms with Gasteiger partial charge in [0.1, 0.15) is 0 Å². The van der Waals surface area contributed by atoms with Gasteiger partial charge in [0.05, 0.1) is 5.41 Å². The third-order valence-corrected chi connectivity index (χ3v) is 14.4. The van der Waals surface area contributed by atoms with Gasteiger partial charge >= 0.3 is 0 Å². The number of pyridine rings is 2. The molecular formula is C49H51N5OS2. The van der Waals surface area contributed by atoms with E-state index in [1.54, 1.807) is 0 Å². The number of aromatic amines is 1. The average molecular weight is 790 g/mol. The number of nitrogens with one attached hydrogen (secondary N) is 1. The van der Waals surface area contributed by atoms with Crippen LogP contribution in [0.25, 0.3) is 32.6 Å². The van der Waals surface area contributed by atoms with Crippen LogP contribution in [0.4, 0.5) is 0 Å². The van der Waals surface area contributed by atoms with Gasteiger partial charge < -0.3 is 9.88 Å². The first-order chi connectivity index (χ1) is 27.7. The highest BCUT2D eigenvalue weighted by atomic mass is 32.1. The molecule has 5 aromatic heterocycles. The van der Waals surface area contributed by atoms with Crippen molar-refractivity contribution >= 4 is 39.5 Å². The van der Waals surface area contributed by atoms with Crippen LogP contribution in [-0.2, 0) is 36.1 Å². The Balaban J connectivity index is 1.05. The molecule has 0 unspecified atom stereocenters. The molecule has 0 saturated carbocycles. The Hall–Kier alpha value is -4.89. The Morgan fingerprint density at radius 2 is 1.47 bits per heavy atom. The Bertz CT molecular complexity index is 2470. The van der Waals surface area contributed by atoms with Crippen LogP contribution in [0.2, 0.25) is 0 Å². The van der Waals surface area contributed by atoms with Crippen LogP contribution in [0, 0.1) is 13.8 Å². The number of aromatic nitrogens is 3. The number of benzene rings is 2. The van der Waals surface area contributed by atoms with E-state index in [1.807, 2.05) is 59.6 Å². The minimum Gasteiger partial charge on any atom is -0.354 e. The summed E-state index contributed by atoms with van der Waals surface area (Å²) < 4.78 is 0. The van der Waals surface area contributed by atoms with Crippen molar-refractivity contribution in [1.29, 1.82) is 0 Å². The number of amides is 1. The maximum absolute atomic E-state index is 14.3. The number of carbonyl (C=O) groups is 1. The van der Waals surface area contributed by atoms with Gasteiger partial charge in [-0.3, -0.25) is 19.7 Å². The summed E-state index contributed by atoms with van der Waals surface area (Å²) in [5.41, 5.74) is 10.2. The van der Waals surface area contributed by atoms with E-state index in [4.69, 9.17) is 0 Å². The smallest absolute Gasteiger partial charge is 0.233 e. The number of carbonyl (C=O) groups excluding carboxylic acids is 1. The van der Waals surface area contributed by atoms with Crippen molar-refractivity contribution in [2.45, 2.75) is 96.8 Å². The molecule has 2 aromatic carbocycles. The molecule has 2 fully saturated rings. The molecule has 7 aromatic rings. The van der Waals surface area contributed by atoms with E-state index in [-0.39, 0.29) is 5.91 Å². The predicted molar refractivity (Wildman–Crippen MR) is 236 cm³/mol. The van der Waals surface area contributed by atoms with Crippen LogP contribution in [0.1, 0.15) is 82.0 Å². The lowest BCUT2D eigenvalue weighted by molar-refractivity contribution is -0.137. The van der Waals surface area contributed by atoms with Gasteiger partial charge in [-0.1, -0.05) is 35.4 Å². The molecule has 57 heavy (non-hydrogen) atoms. The van der Waals surface area contributed by atoms with E-state index in [2.05, 4.69) is 125 Å². The van der Waals surface area contributed by atoms with Crippen LogP contribution in [-0.4, -0.2) is 49.3 Å². The van der Waals surface area contributed by atoms with Gasteiger partial charge in [0.2, 0.25) is 5.91 Å². The van der Waals surface area contributed by atoms with Gasteiger partial charge in [-0.2, -0.15) is 0 Å². The normalized spacial score (nSPS) is 16.7. The molecule has 0 radical (unpaired) electrons. The quantitative estimate of drug-likeness (QED) is 0.126. The Labute approximate surface area is 344 Å². The molecule has 7 heterocycles. The molecule has 8 heteroatoms. The van der Waals surface area contributed by atoms with Gasteiger partial charge in [-0.25, -0.2) is 0 Å². The van der Waals surface area contributed by atoms with E-state index in [1.165, 1.54) is 58.4 Å². The number of thiophene rings is 2. The van der Waals surface area contributed by atoms with Crippen LogP contribution < -0.4 is 0 Å². The summed E-state index contributed by atoms with van der Waals surface area (Å²) in [6.45, 7) is 11.2. The average Bonchev–Trinajstić information content (AvgIpc) is 4.07. The van der Waals surface area contributed by atoms with Gasteiger partial charge in [0.25, 0.3) is 0 Å². The van der Waals surface area contributed by atoms with Crippen molar-refractivity contribution in [1.82, 2.24) is 24.8 Å². The molecular weight excluding hydrogens is 739 g/mol. The summed E-state index contributed by atoms with van der Waals surface area (Å²) in [6.07, 6.45) is 13.9. The van der Waals surface area contributed by atoms with Crippen molar-refractivity contribution < 1.29 is 4.79 Å². The first-order valence-corrected chi connectivity index (χ1v) is 22.1. The zero-order valence-electron chi connectivity index (χ0n) is 33.4. The fourth-order valence-electron chi connectivity index (χ4n) is 9.31. The molecule has 0 aliphatic carbocycles. The summed E-state index contributed by atoms with van der Waals surface area (Å²) >= 11 is 3.76. The van der Waals surface area contributed by atoms with Gasteiger partial charge in [-0.15, -0.1) is 22.7 Å². The van der Waals surface area contributed by atoms with Crippen LogP contribution in [0.3, 0.4) is 0 Å². The lowest BCUT2D eigenvalue weighted by Crippen LogP contribution is -2.45. The fraction of sp³-hybridized carbons (Fsp3) is 0.327. The largest absolute Gasteiger partial charge is 0.354 e. The van der Waals surface area contributed by atoms with Gasteiger partial charge in [-0.05, 0) is 143 Å². The van der Waals surface area contributed by atoms with Gasteiger partial charge in [0, 0.05) is 105 Å². The second kappa shape index (κ2) is 15.8. The topological polar surface area (TPSA) is 65.1 Å². The van der Waals surface area contributed by atoms with E-state index in [0.29, 0.717) is 12.1 Å². The molecule has 1 N–H and O–H groups in total. The number of aryl methyl sites for hydroxylation is 2. The summed E-state index contributed by atoms with van der Waals surface area (Å²) in [7, 11) is 0. The minimum absolute atomic E-state index is 0.282. The third kappa shape index (κ3) is 7.88. The summed E-state index contributed by atoms with van der Waals surface area (Å²) in [6, 6.07) is 31.8. The number of H-pyrrole nitrogens is 1. The lowest BCUT2D eigenvalue weighted by Gasteiger charge is -2.33. The zero-order chi connectivity index (χ0) is 39.1. The standard InChI is InChI=1S/C49H51N5OS2/c1-32-23-33(2)25-36(24-32)47-43(44-27-37(9-17-45(44)52-47)49(3,4)48(55)54-38-10-11-39(54)13-12-38)19-22-53(31-42-16-18-46(57-42)35-8-6-21-51-29-35)30-41-15-14-40(56-41)26-34-7-5-20-50-28-34/h5-9,14-18,20-21,23-25,27-29,38-39,52H,10-13,19,22,26,30-31H2,1-4H3. The predicted octanol–water partition coefficient (Wildman–Crippen LogP) is 11.3. The van der Waals surface area contributed by atoms with Crippen molar-refractivity contribution in [3.05, 3.63) is 152 Å². The second-order valence-corrected chi connectivity index (χ2v) is 19.2. The maximum atomic E-state index is 14.3. The zero-order valence-corrected chi connectivity index (χ0v) is 35.1. The lowest BCUT2D eigenvalue weighted by atomic mass is 9.82. The third-order valence-electron chi connectivity index (χ3n) is 12.2. The van der Waals surface area contributed by atoms with Crippen molar-refractivity contribution in [3.63, 3.8) is 0 Å². The number of nitrogens with zero attached hydrogens (tertiary/aromatic N) is 4. The van der Waals surface area contributed by atoms with E-state index in [9.17, 15) is 4.79 Å². The second-order valence-electron chi connectivity index (χ2n) is 16.8. The highest BCUT2D eigenvalue weighted by Crippen LogP contribution is 2.42. The van der Waals surface area contributed by atoms with E-state index >= 15 is 0 Å². The van der Waals surface area contributed by atoms with Gasteiger partial charge in [0.15, 0.2) is 0 Å². The molecule has 9 rings (SSSR count). The molecule has 2 saturated heterocycles. The monoisotopic (exact) mass is 789 g/mol. The molecule has 1 amide bonds. The van der Waals surface area contributed by atoms with E-state index < -0.39 is 5.41 Å². The van der Waals surface area contributed by atoms with Crippen LogP contribution in [0.15, 0.2) is 110 Å². The van der Waals surface area contributed by atoms with Crippen molar-refractivity contribution in [3.8, 4) is 21.7 Å². The first-order valence-electron chi connectivity index (χ1n) is 20.4. The molecule has 2 bridgehead atoms. The van der Waals surface area contributed by atoms with E-state index in [0.717, 1.165) is 74.8 Å². The molecule has 2 aliphatic rings. The fourth-order valence-corrected chi connectivity index (χ4v) is 11.4. The number of hydrogen-bond donors (Lipinski definition) is 1. The van der Waals surface area contributed by atoms with Crippen molar-refractivity contribution in [2.24, 2.45) is 0 Å². The molecule has 0 atom stereocenters. The summed E-state index contributed by atoms with van der Waals surface area (Å²) in [5.74, 6) is 0.282. The highest BCUT2D eigenvalue weighted by Gasteiger charge is 2.47. The highest BCUT2D eigenvalue weighted by molar-refractivity contribution is 7.15. The molecule has 6 nitrogen and oxygen atoms in total. The summed E-state index contributed by atoms with van der Waals surface area (Å²) in [5, 5.41) is 1.22.